The van der Waals surface area contributed by atoms with Gasteiger partial charge in [0, 0.05) is 24.2 Å². The minimum atomic E-state index is -0.870. The molecule has 0 fully saturated rings. The molecule has 25 heavy (non-hydrogen) atoms. The van der Waals surface area contributed by atoms with E-state index in [0.717, 1.165) is 12.1 Å². The van der Waals surface area contributed by atoms with Crippen molar-refractivity contribution in [1.29, 1.82) is 0 Å². The van der Waals surface area contributed by atoms with E-state index in [-0.39, 0.29) is 35.0 Å². The Morgan fingerprint density at radius 1 is 1.48 bits per heavy atom. The van der Waals surface area contributed by atoms with Crippen LogP contribution in [0.25, 0.3) is 0 Å². The minimum absolute atomic E-state index is 0.0600. The molecule has 2 aromatic rings. The molecule has 1 amide bonds. The third kappa shape index (κ3) is 3.93. The maximum Gasteiger partial charge on any atom is 0.272 e. The molecule has 0 bridgehead atoms. The van der Waals surface area contributed by atoms with E-state index in [2.05, 4.69) is 10.4 Å². The fourth-order valence-electron chi connectivity index (χ4n) is 2.22. The molecule has 0 aliphatic heterocycles. The number of non-ortho nitro benzene ring substituents is 1. The van der Waals surface area contributed by atoms with Gasteiger partial charge in [-0.1, -0.05) is 0 Å². The van der Waals surface area contributed by atoms with Gasteiger partial charge < -0.3 is 10.1 Å². The number of nitrogens with one attached hydrogen (secondary N) is 1. The van der Waals surface area contributed by atoms with Crippen LogP contribution in [0, 0.1) is 22.9 Å². The summed E-state index contributed by atoms with van der Waals surface area (Å²) in [6, 6.07) is 3.04. The monoisotopic (exact) mass is 350 g/mol. The normalized spacial score (nSPS) is 10.8. The standard InChI is InChI=1S/C16H19FN4O4/c1-5-20-16(10(4)14(19-20)15(22)18-9(2)3)25-13-7-6-11(21(23)24)8-12(13)17/h6-9H,5H2,1-4H3,(H,18,22). The van der Waals surface area contributed by atoms with Crippen LogP contribution in [0.1, 0.15) is 36.8 Å². The highest BCUT2D eigenvalue weighted by atomic mass is 19.1. The second-order valence-corrected chi connectivity index (χ2v) is 5.70. The molecule has 134 valence electrons. The molecule has 2 rings (SSSR count). The van der Waals surface area contributed by atoms with Gasteiger partial charge in [-0.2, -0.15) is 5.10 Å². The van der Waals surface area contributed by atoms with Gasteiger partial charge in [0.2, 0.25) is 5.88 Å². The van der Waals surface area contributed by atoms with Crippen LogP contribution < -0.4 is 10.1 Å². The van der Waals surface area contributed by atoms with E-state index in [4.69, 9.17) is 4.74 Å². The number of nitro groups is 1. The van der Waals surface area contributed by atoms with Crippen molar-refractivity contribution in [1.82, 2.24) is 15.1 Å². The first kappa shape index (κ1) is 18.4. The molecule has 9 heteroatoms. The zero-order chi connectivity index (χ0) is 18.7. The molecule has 0 spiro atoms. The van der Waals surface area contributed by atoms with Gasteiger partial charge in [0.25, 0.3) is 11.6 Å². The number of nitrogens with zero attached hydrogens (tertiary/aromatic N) is 3. The Balaban J connectivity index is 2.38. The second-order valence-electron chi connectivity index (χ2n) is 5.70. The maximum atomic E-state index is 14.1. The number of carbonyl (C=O) groups is 1. The number of amides is 1. The average molecular weight is 350 g/mol. The zero-order valence-electron chi connectivity index (χ0n) is 14.4. The number of halogens is 1. The van der Waals surface area contributed by atoms with Crippen molar-refractivity contribution in [2.24, 2.45) is 0 Å². The lowest BCUT2D eigenvalue weighted by atomic mass is 10.2. The molecule has 1 aromatic heterocycles. The number of aryl methyl sites for hydroxylation is 1. The van der Waals surface area contributed by atoms with Crippen molar-refractivity contribution >= 4 is 11.6 Å². The van der Waals surface area contributed by atoms with Crippen molar-refractivity contribution in [3.8, 4) is 11.6 Å². The van der Waals surface area contributed by atoms with Crippen LogP contribution in [0.4, 0.5) is 10.1 Å². The Morgan fingerprint density at radius 3 is 2.68 bits per heavy atom. The number of benzene rings is 1. The van der Waals surface area contributed by atoms with Gasteiger partial charge in [-0.3, -0.25) is 14.9 Å². The molecule has 0 aliphatic rings. The summed E-state index contributed by atoms with van der Waals surface area (Å²) >= 11 is 0. The number of nitro benzene ring substituents is 1. The lowest BCUT2D eigenvalue weighted by Gasteiger charge is -2.09. The first-order valence-electron chi connectivity index (χ1n) is 7.74. The summed E-state index contributed by atoms with van der Waals surface area (Å²) in [5.74, 6) is -1.19. The molecule has 1 heterocycles. The quantitative estimate of drug-likeness (QED) is 0.637. The predicted molar refractivity (Wildman–Crippen MR) is 88.4 cm³/mol. The van der Waals surface area contributed by atoms with Crippen LogP contribution in [0.2, 0.25) is 0 Å². The van der Waals surface area contributed by atoms with E-state index >= 15 is 0 Å². The van der Waals surface area contributed by atoms with Gasteiger partial charge >= 0.3 is 0 Å². The molecule has 8 nitrogen and oxygen atoms in total. The third-order valence-electron chi connectivity index (χ3n) is 3.40. The molecule has 0 unspecified atom stereocenters. The first-order valence-corrected chi connectivity index (χ1v) is 7.74. The number of aromatic nitrogens is 2. The number of ether oxygens (including phenoxy) is 1. The summed E-state index contributed by atoms with van der Waals surface area (Å²) in [6.45, 7) is 7.50. The highest BCUT2D eigenvalue weighted by Crippen LogP contribution is 2.31. The largest absolute Gasteiger partial charge is 0.436 e. The van der Waals surface area contributed by atoms with Crippen molar-refractivity contribution in [2.45, 2.75) is 40.3 Å². The summed E-state index contributed by atoms with van der Waals surface area (Å²) in [5, 5.41) is 17.6. The topological polar surface area (TPSA) is 99.3 Å². The van der Waals surface area contributed by atoms with E-state index in [0.29, 0.717) is 12.1 Å². The lowest BCUT2D eigenvalue weighted by molar-refractivity contribution is -0.385. The lowest BCUT2D eigenvalue weighted by Crippen LogP contribution is -2.31. The fraction of sp³-hybridized carbons (Fsp3) is 0.375. The molecular formula is C16H19FN4O4. The third-order valence-corrected chi connectivity index (χ3v) is 3.40. The van der Waals surface area contributed by atoms with E-state index in [1.807, 2.05) is 13.8 Å². The molecule has 1 aromatic carbocycles. The SMILES string of the molecule is CCn1nc(C(=O)NC(C)C)c(C)c1Oc1ccc([N+](=O)[O-])cc1F. The molecule has 0 atom stereocenters. The zero-order valence-corrected chi connectivity index (χ0v) is 14.4. The Morgan fingerprint density at radius 2 is 2.16 bits per heavy atom. The van der Waals surface area contributed by atoms with Gasteiger partial charge in [-0.15, -0.1) is 0 Å². The summed E-state index contributed by atoms with van der Waals surface area (Å²) < 4.78 is 21.1. The maximum absolute atomic E-state index is 14.1. The molecular weight excluding hydrogens is 331 g/mol. The smallest absolute Gasteiger partial charge is 0.272 e. The van der Waals surface area contributed by atoms with Gasteiger partial charge in [0.15, 0.2) is 17.3 Å². The van der Waals surface area contributed by atoms with Crippen LogP contribution in [0.5, 0.6) is 11.6 Å². The molecule has 1 N–H and O–H groups in total. The summed E-state index contributed by atoms with van der Waals surface area (Å²) in [5.41, 5.74) is 0.271. The fourth-order valence-corrected chi connectivity index (χ4v) is 2.22. The Kier molecular flexibility index (Phi) is 5.35. The van der Waals surface area contributed by atoms with Crippen molar-refractivity contribution in [3.63, 3.8) is 0 Å². The molecule has 0 radical (unpaired) electrons. The average Bonchev–Trinajstić information content (AvgIpc) is 2.85. The Bertz CT molecular complexity index is 817. The van der Waals surface area contributed by atoms with Crippen LogP contribution in [-0.4, -0.2) is 26.7 Å². The number of hydrogen-bond donors (Lipinski definition) is 1. The van der Waals surface area contributed by atoms with Gasteiger partial charge in [0.1, 0.15) is 0 Å². The van der Waals surface area contributed by atoms with Crippen LogP contribution in [0.15, 0.2) is 18.2 Å². The molecule has 0 saturated carbocycles. The van der Waals surface area contributed by atoms with Crippen LogP contribution >= 0.6 is 0 Å². The second kappa shape index (κ2) is 7.29. The Labute approximate surface area is 143 Å². The van der Waals surface area contributed by atoms with E-state index in [9.17, 15) is 19.3 Å². The van der Waals surface area contributed by atoms with E-state index in [1.165, 1.54) is 10.7 Å². The number of rotatable bonds is 6. The van der Waals surface area contributed by atoms with Gasteiger partial charge in [0.05, 0.1) is 11.0 Å². The minimum Gasteiger partial charge on any atom is -0.436 e. The van der Waals surface area contributed by atoms with Crippen molar-refractivity contribution in [3.05, 3.63) is 45.4 Å². The first-order chi connectivity index (χ1) is 11.7. The van der Waals surface area contributed by atoms with Crippen LogP contribution in [0.3, 0.4) is 0 Å². The summed E-state index contributed by atoms with van der Waals surface area (Å²) in [7, 11) is 0. The highest BCUT2D eigenvalue weighted by Gasteiger charge is 2.23. The predicted octanol–water partition coefficient (Wildman–Crippen LogP) is 3.19. The molecule has 0 aliphatic carbocycles. The summed E-state index contributed by atoms with van der Waals surface area (Å²) in [6.07, 6.45) is 0. The highest BCUT2D eigenvalue weighted by molar-refractivity contribution is 5.94. The van der Waals surface area contributed by atoms with Crippen LogP contribution in [-0.2, 0) is 6.54 Å². The molecule has 0 saturated heterocycles. The number of carbonyl (C=O) groups excluding carboxylic acids is 1. The van der Waals surface area contributed by atoms with Crippen molar-refractivity contribution < 1.29 is 18.8 Å². The van der Waals surface area contributed by atoms with Gasteiger partial charge in [-0.25, -0.2) is 9.07 Å². The van der Waals surface area contributed by atoms with E-state index < -0.39 is 10.7 Å². The van der Waals surface area contributed by atoms with E-state index in [1.54, 1.807) is 13.8 Å². The summed E-state index contributed by atoms with van der Waals surface area (Å²) in [4.78, 5) is 22.2. The Hall–Kier alpha value is -2.97. The number of hydrogen-bond acceptors (Lipinski definition) is 5. The van der Waals surface area contributed by atoms with Crippen molar-refractivity contribution in [2.75, 3.05) is 0 Å². The van der Waals surface area contributed by atoms with Gasteiger partial charge in [-0.05, 0) is 33.8 Å².